The number of rotatable bonds is 3. The maximum Gasteiger partial charge on any atom is 0.339 e. The number of carbonyl (C=O) groups is 2. The van der Waals surface area contributed by atoms with Gasteiger partial charge in [0.1, 0.15) is 0 Å². The van der Waals surface area contributed by atoms with Gasteiger partial charge in [-0.3, -0.25) is 0 Å². The first-order valence-corrected chi connectivity index (χ1v) is 7.60. The van der Waals surface area contributed by atoms with Crippen molar-refractivity contribution in [3.05, 3.63) is 29.3 Å². The Balaban J connectivity index is 3.82. The molecule has 0 saturated heterocycles. The quantitative estimate of drug-likeness (QED) is 0.791. The van der Waals surface area contributed by atoms with Gasteiger partial charge in [-0.15, -0.1) is 0 Å². The molecule has 116 valence electrons. The molecule has 21 heavy (non-hydrogen) atoms. The number of sulfone groups is 1. The third-order valence-electron chi connectivity index (χ3n) is 2.90. The highest BCUT2D eigenvalue weighted by atomic mass is 32.2. The number of hydrogen-bond donors (Lipinski definition) is 0. The van der Waals surface area contributed by atoms with Gasteiger partial charge in [0.15, 0.2) is 9.84 Å². The fourth-order valence-corrected chi connectivity index (χ4v) is 3.17. The van der Waals surface area contributed by atoms with Gasteiger partial charge in [0, 0.05) is 0 Å². The molecule has 1 rings (SSSR count). The molecule has 0 fully saturated rings. The maximum absolute atomic E-state index is 12.7. The lowest BCUT2D eigenvalue weighted by Gasteiger charge is -2.22. The predicted molar refractivity (Wildman–Crippen MR) is 76.1 cm³/mol. The first kappa shape index (κ1) is 17.2. The fraction of sp³-hybridized carbons (Fsp3) is 0.429. The fourth-order valence-electron chi connectivity index (χ4n) is 1.67. The minimum atomic E-state index is -3.95. The van der Waals surface area contributed by atoms with Crippen LogP contribution in [0.4, 0.5) is 0 Å². The minimum Gasteiger partial charge on any atom is -0.465 e. The van der Waals surface area contributed by atoms with Crippen molar-refractivity contribution in [1.29, 1.82) is 0 Å². The lowest BCUT2D eigenvalue weighted by atomic mass is 10.1. The summed E-state index contributed by atoms with van der Waals surface area (Å²) in [5.74, 6) is -1.66. The first-order chi connectivity index (χ1) is 9.57. The van der Waals surface area contributed by atoms with Gasteiger partial charge < -0.3 is 9.47 Å². The molecular weight excluding hydrogens is 296 g/mol. The standard InChI is InChI=1S/C14H18O6S/c1-14(2,3)21(17,18)11-9(12(15)19-4)7-6-8-10(11)13(16)20-5/h6-8H,1-5H3. The lowest BCUT2D eigenvalue weighted by molar-refractivity contribution is 0.0590. The van der Waals surface area contributed by atoms with Crippen molar-refractivity contribution in [3.63, 3.8) is 0 Å². The van der Waals surface area contributed by atoms with Crippen molar-refractivity contribution in [2.75, 3.05) is 14.2 Å². The largest absolute Gasteiger partial charge is 0.465 e. The van der Waals surface area contributed by atoms with Gasteiger partial charge in [-0.05, 0) is 32.9 Å². The van der Waals surface area contributed by atoms with Crippen molar-refractivity contribution in [3.8, 4) is 0 Å². The third-order valence-corrected chi connectivity index (χ3v) is 5.49. The molecule has 0 saturated carbocycles. The zero-order valence-corrected chi connectivity index (χ0v) is 13.4. The van der Waals surface area contributed by atoms with Crippen LogP contribution in [0, 0.1) is 0 Å². The summed E-state index contributed by atoms with van der Waals surface area (Å²) in [7, 11) is -1.67. The Kier molecular flexibility index (Phi) is 4.78. The van der Waals surface area contributed by atoms with E-state index in [1.165, 1.54) is 39.0 Å². The summed E-state index contributed by atoms with van der Waals surface area (Å²) in [6, 6.07) is 4.01. The summed E-state index contributed by atoms with van der Waals surface area (Å²) in [4.78, 5) is 23.3. The van der Waals surface area contributed by atoms with Crippen molar-refractivity contribution in [2.45, 2.75) is 30.4 Å². The maximum atomic E-state index is 12.7. The Bertz CT molecular complexity index is 633. The normalized spacial score (nSPS) is 11.9. The van der Waals surface area contributed by atoms with E-state index in [1.54, 1.807) is 0 Å². The monoisotopic (exact) mass is 314 g/mol. The van der Waals surface area contributed by atoms with Crippen LogP contribution in [0.5, 0.6) is 0 Å². The Morgan fingerprint density at radius 3 is 1.62 bits per heavy atom. The molecule has 1 aromatic rings. The van der Waals surface area contributed by atoms with E-state index in [0.717, 1.165) is 14.2 Å². The average molecular weight is 314 g/mol. The van der Waals surface area contributed by atoms with Gasteiger partial charge in [0.05, 0.1) is 35.0 Å². The Morgan fingerprint density at radius 1 is 0.952 bits per heavy atom. The van der Waals surface area contributed by atoms with Gasteiger partial charge >= 0.3 is 11.9 Å². The van der Waals surface area contributed by atoms with Crippen molar-refractivity contribution < 1.29 is 27.5 Å². The molecule has 0 aliphatic rings. The zero-order chi connectivity index (χ0) is 16.4. The van der Waals surface area contributed by atoms with E-state index in [1.807, 2.05) is 0 Å². The predicted octanol–water partition coefficient (Wildman–Crippen LogP) is 1.83. The van der Waals surface area contributed by atoms with Crippen LogP contribution in [0.3, 0.4) is 0 Å². The van der Waals surface area contributed by atoms with Gasteiger partial charge in [0.2, 0.25) is 0 Å². The van der Waals surface area contributed by atoms with E-state index >= 15 is 0 Å². The second kappa shape index (κ2) is 5.85. The van der Waals surface area contributed by atoms with Gasteiger partial charge in [-0.25, -0.2) is 18.0 Å². The molecule has 1 aromatic carbocycles. The molecular formula is C14H18O6S. The Hall–Kier alpha value is -1.89. The van der Waals surface area contributed by atoms with Crippen molar-refractivity contribution in [1.82, 2.24) is 0 Å². The van der Waals surface area contributed by atoms with Gasteiger partial charge in [-0.1, -0.05) is 6.07 Å². The summed E-state index contributed by atoms with van der Waals surface area (Å²) >= 11 is 0. The van der Waals surface area contributed by atoms with Crippen LogP contribution in [0.2, 0.25) is 0 Å². The Labute approximate surface area is 124 Å². The average Bonchev–Trinajstić information content (AvgIpc) is 2.43. The van der Waals surface area contributed by atoms with Crippen LogP contribution in [-0.4, -0.2) is 39.3 Å². The van der Waals surface area contributed by atoms with E-state index in [2.05, 4.69) is 9.47 Å². The highest BCUT2D eigenvalue weighted by Crippen LogP contribution is 2.31. The molecule has 0 aromatic heterocycles. The highest BCUT2D eigenvalue weighted by molar-refractivity contribution is 7.93. The second-order valence-corrected chi connectivity index (χ2v) is 7.92. The van der Waals surface area contributed by atoms with Crippen LogP contribution in [0.15, 0.2) is 23.1 Å². The van der Waals surface area contributed by atoms with E-state index in [9.17, 15) is 18.0 Å². The molecule has 0 radical (unpaired) electrons. The molecule has 0 heterocycles. The number of hydrogen-bond acceptors (Lipinski definition) is 6. The van der Waals surface area contributed by atoms with E-state index in [-0.39, 0.29) is 16.0 Å². The van der Waals surface area contributed by atoms with E-state index in [0.29, 0.717) is 0 Å². The third kappa shape index (κ3) is 3.07. The van der Waals surface area contributed by atoms with Crippen LogP contribution < -0.4 is 0 Å². The van der Waals surface area contributed by atoms with Gasteiger partial charge in [0.25, 0.3) is 0 Å². The molecule has 0 N–H and O–H groups in total. The summed E-state index contributed by atoms with van der Waals surface area (Å²) < 4.78 is 33.4. The SMILES string of the molecule is COC(=O)c1cccc(C(=O)OC)c1S(=O)(=O)C(C)(C)C. The zero-order valence-electron chi connectivity index (χ0n) is 12.6. The van der Waals surface area contributed by atoms with Crippen LogP contribution in [-0.2, 0) is 19.3 Å². The summed E-state index contributed by atoms with van der Waals surface area (Å²) in [6.07, 6.45) is 0. The van der Waals surface area contributed by atoms with Crippen molar-refractivity contribution in [2.24, 2.45) is 0 Å². The molecule has 7 heteroatoms. The highest BCUT2D eigenvalue weighted by Gasteiger charge is 2.38. The van der Waals surface area contributed by atoms with Crippen LogP contribution in [0.25, 0.3) is 0 Å². The van der Waals surface area contributed by atoms with E-state index < -0.39 is 26.5 Å². The van der Waals surface area contributed by atoms with Crippen molar-refractivity contribution >= 4 is 21.8 Å². The van der Waals surface area contributed by atoms with Crippen LogP contribution in [0.1, 0.15) is 41.5 Å². The molecule has 0 atom stereocenters. The summed E-state index contributed by atoms with van der Waals surface area (Å²) in [5, 5.41) is 0. The Morgan fingerprint density at radius 2 is 1.33 bits per heavy atom. The molecule has 0 bridgehead atoms. The lowest BCUT2D eigenvalue weighted by Crippen LogP contribution is -2.31. The molecule has 0 spiro atoms. The second-order valence-electron chi connectivity index (χ2n) is 5.28. The number of ether oxygens (including phenoxy) is 2. The smallest absolute Gasteiger partial charge is 0.339 e. The number of methoxy groups -OCH3 is 2. The molecule has 0 amide bonds. The molecule has 6 nitrogen and oxygen atoms in total. The topological polar surface area (TPSA) is 86.7 Å². The number of carbonyl (C=O) groups excluding carboxylic acids is 2. The summed E-state index contributed by atoms with van der Waals surface area (Å²) in [5.41, 5.74) is -0.370. The summed E-state index contributed by atoms with van der Waals surface area (Å²) in [6.45, 7) is 4.45. The molecule has 0 aliphatic heterocycles. The first-order valence-electron chi connectivity index (χ1n) is 6.12. The van der Waals surface area contributed by atoms with Gasteiger partial charge in [-0.2, -0.15) is 0 Å². The number of benzene rings is 1. The minimum absolute atomic E-state index is 0.185. The molecule has 0 aliphatic carbocycles. The molecule has 0 unspecified atom stereocenters. The van der Waals surface area contributed by atoms with Crippen LogP contribution >= 0.6 is 0 Å². The number of esters is 2. The van der Waals surface area contributed by atoms with E-state index in [4.69, 9.17) is 0 Å².